The van der Waals surface area contributed by atoms with Crippen molar-refractivity contribution in [3.05, 3.63) is 56.5 Å². The summed E-state index contributed by atoms with van der Waals surface area (Å²) in [5, 5.41) is 16.6. The second kappa shape index (κ2) is 7.78. The number of hydrogen-bond acceptors (Lipinski definition) is 5. The maximum absolute atomic E-state index is 12.1. The Morgan fingerprint density at radius 1 is 1.25 bits per heavy atom. The van der Waals surface area contributed by atoms with Crippen molar-refractivity contribution in [2.45, 2.75) is 6.92 Å². The van der Waals surface area contributed by atoms with Crippen LogP contribution in [0.15, 0.2) is 40.9 Å². The third-order valence-corrected chi connectivity index (χ3v) is 3.80. The van der Waals surface area contributed by atoms with E-state index < -0.39 is 4.92 Å². The minimum absolute atomic E-state index is 0.00828. The van der Waals surface area contributed by atoms with Gasteiger partial charge < -0.3 is 15.4 Å². The molecule has 8 heteroatoms. The summed E-state index contributed by atoms with van der Waals surface area (Å²) in [6.45, 7) is 1.91. The molecule has 7 nitrogen and oxygen atoms in total. The number of nitro groups is 1. The number of nitro benzene ring substituents is 1. The lowest BCUT2D eigenvalue weighted by molar-refractivity contribution is -0.384. The van der Waals surface area contributed by atoms with Crippen LogP contribution in [0.3, 0.4) is 0 Å². The normalized spacial score (nSPS) is 10.1. The van der Waals surface area contributed by atoms with Crippen LogP contribution in [0.4, 0.5) is 17.1 Å². The first kappa shape index (κ1) is 17.7. The summed E-state index contributed by atoms with van der Waals surface area (Å²) >= 11 is 3.37. The molecule has 2 N–H and O–H groups in total. The monoisotopic (exact) mass is 393 g/mol. The molecule has 0 radical (unpaired) electrons. The molecule has 2 aromatic rings. The van der Waals surface area contributed by atoms with Crippen molar-refractivity contribution in [1.29, 1.82) is 0 Å². The highest BCUT2D eigenvalue weighted by atomic mass is 79.9. The highest BCUT2D eigenvalue weighted by Gasteiger charge is 2.17. The summed E-state index contributed by atoms with van der Waals surface area (Å²) < 4.78 is 5.91. The van der Waals surface area contributed by atoms with Crippen LogP contribution in [0.5, 0.6) is 5.75 Å². The highest BCUT2D eigenvalue weighted by molar-refractivity contribution is 9.10. The fourth-order valence-electron chi connectivity index (χ4n) is 2.09. The highest BCUT2D eigenvalue weighted by Crippen LogP contribution is 2.29. The molecule has 1 amide bonds. The van der Waals surface area contributed by atoms with E-state index in [-0.39, 0.29) is 23.8 Å². The van der Waals surface area contributed by atoms with Gasteiger partial charge in [0.2, 0.25) is 5.91 Å². The van der Waals surface area contributed by atoms with E-state index in [0.717, 1.165) is 15.7 Å². The smallest absolute Gasteiger partial charge is 0.296 e. The van der Waals surface area contributed by atoms with Gasteiger partial charge in [0.15, 0.2) is 0 Å². The molecule has 0 heterocycles. The summed E-state index contributed by atoms with van der Waals surface area (Å²) in [5.74, 6) is -0.0334. The van der Waals surface area contributed by atoms with Crippen LogP contribution in [-0.4, -0.2) is 24.5 Å². The molecule has 0 fully saturated rings. The largest absolute Gasteiger partial charge is 0.496 e. The molecule has 0 spiro atoms. The molecule has 0 bridgehead atoms. The summed E-state index contributed by atoms with van der Waals surface area (Å²) in [5.41, 5.74) is 1.70. The predicted molar refractivity (Wildman–Crippen MR) is 95.6 cm³/mol. The average Bonchev–Trinajstić information content (AvgIpc) is 2.54. The third kappa shape index (κ3) is 4.45. The SMILES string of the molecule is COc1ccc(NC(=O)CNc2ccc(Br)cc2C)c([N+](=O)[O-])c1. The van der Waals surface area contributed by atoms with Crippen LogP contribution < -0.4 is 15.4 Å². The lowest BCUT2D eigenvalue weighted by atomic mass is 10.2. The maximum atomic E-state index is 12.1. The van der Waals surface area contributed by atoms with Gasteiger partial charge in [-0.2, -0.15) is 0 Å². The van der Waals surface area contributed by atoms with Crippen LogP contribution in [0.2, 0.25) is 0 Å². The fraction of sp³-hybridized carbons (Fsp3) is 0.188. The van der Waals surface area contributed by atoms with Crippen molar-refractivity contribution >= 4 is 38.9 Å². The number of carbonyl (C=O) groups excluding carboxylic acids is 1. The molecule has 0 aromatic heterocycles. The van der Waals surface area contributed by atoms with Crippen molar-refractivity contribution < 1.29 is 14.5 Å². The predicted octanol–water partition coefficient (Wildman–Crippen LogP) is 3.72. The standard InChI is InChI=1S/C16H16BrN3O4/c1-10-7-11(17)3-5-13(10)18-9-16(21)19-14-6-4-12(24-2)8-15(14)20(22)23/h3-8,18H,9H2,1-2H3,(H,19,21). The topological polar surface area (TPSA) is 93.5 Å². The van der Waals surface area contributed by atoms with E-state index >= 15 is 0 Å². The number of nitrogens with one attached hydrogen (secondary N) is 2. The van der Waals surface area contributed by atoms with Crippen LogP contribution >= 0.6 is 15.9 Å². The Labute approximate surface area is 147 Å². The second-order valence-corrected chi connectivity index (χ2v) is 5.92. The molecular weight excluding hydrogens is 378 g/mol. The van der Waals surface area contributed by atoms with Gasteiger partial charge in [0, 0.05) is 10.2 Å². The molecule has 0 aliphatic heterocycles. The van der Waals surface area contributed by atoms with Crippen molar-refractivity contribution in [1.82, 2.24) is 0 Å². The quantitative estimate of drug-likeness (QED) is 0.575. The maximum Gasteiger partial charge on any atom is 0.296 e. The number of nitrogens with zero attached hydrogens (tertiary/aromatic N) is 1. The van der Waals surface area contributed by atoms with E-state index in [1.165, 1.54) is 19.2 Å². The van der Waals surface area contributed by atoms with Gasteiger partial charge in [0.05, 0.1) is 24.6 Å². The summed E-state index contributed by atoms with van der Waals surface area (Å²) in [4.78, 5) is 22.6. The number of ether oxygens (including phenoxy) is 1. The van der Waals surface area contributed by atoms with Crippen molar-refractivity contribution in [2.75, 3.05) is 24.3 Å². The van der Waals surface area contributed by atoms with Crippen LogP contribution in [-0.2, 0) is 4.79 Å². The van der Waals surface area contributed by atoms with Gasteiger partial charge in [-0.25, -0.2) is 0 Å². The minimum Gasteiger partial charge on any atom is -0.496 e. The van der Waals surface area contributed by atoms with Crippen molar-refractivity contribution in [3.63, 3.8) is 0 Å². The Hall–Kier alpha value is -2.61. The zero-order chi connectivity index (χ0) is 17.7. The minimum atomic E-state index is -0.565. The van der Waals surface area contributed by atoms with Crippen LogP contribution in [0.25, 0.3) is 0 Å². The molecule has 0 unspecified atom stereocenters. The van der Waals surface area contributed by atoms with E-state index in [1.807, 2.05) is 25.1 Å². The Balaban J connectivity index is 2.05. The number of benzene rings is 2. The number of hydrogen-bond donors (Lipinski definition) is 2. The third-order valence-electron chi connectivity index (χ3n) is 3.30. The number of methoxy groups -OCH3 is 1. The van der Waals surface area contributed by atoms with E-state index in [2.05, 4.69) is 26.6 Å². The van der Waals surface area contributed by atoms with Crippen molar-refractivity contribution in [2.24, 2.45) is 0 Å². The van der Waals surface area contributed by atoms with Crippen LogP contribution in [0, 0.1) is 17.0 Å². The van der Waals surface area contributed by atoms with Gasteiger partial charge in [0.1, 0.15) is 11.4 Å². The molecule has 24 heavy (non-hydrogen) atoms. The lowest BCUT2D eigenvalue weighted by Gasteiger charge is -2.11. The molecule has 0 atom stereocenters. The average molecular weight is 394 g/mol. The number of halogens is 1. The van der Waals surface area contributed by atoms with Gasteiger partial charge in [-0.15, -0.1) is 0 Å². The Bertz CT molecular complexity index is 780. The first-order chi connectivity index (χ1) is 11.4. The number of carbonyl (C=O) groups is 1. The first-order valence-electron chi connectivity index (χ1n) is 7.03. The molecule has 126 valence electrons. The fourth-order valence-corrected chi connectivity index (χ4v) is 2.57. The van der Waals surface area contributed by atoms with Crippen LogP contribution in [0.1, 0.15) is 5.56 Å². The summed E-state index contributed by atoms with van der Waals surface area (Å²) in [7, 11) is 1.42. The number of amides is 1. The molecule has 0 saturated carbocycles. The first-order valence-corrected chi connectivity index (χ1v) is 7.82. The molecule has 0 aliphatic carbocycles. The second-order valence-electron chi connectivity index (χ2n) is 5.00. The van der Waals surface area contributed by atoms with Gasteiger partial charge in [-0.05, 0) is 42.8 Å². The zero-order valence-corrected chi connectivity index (χ0v) is 14.7. The Morgan fingerprint density at radius 2 is 1.96 bits per heavy atom. The number of rotatable bonds is 6. The van der Waals surface area contributed by atoms with E-state index in [1.54, 1.807) is 6.07 Å². The van der Waals surface area contributed by atoms with Gasteiger partial charge >= 0.3 is 0 Å². The van der Waals surface area contributed by atoms with Gasteiger partial charge in [-0.3, -0.25) is 14.9 Å². The summed E-state index contributed by atoms with van der Waals surface area (Å²) in [6, 6.07) is 9.90. The zero-order valence-electron chi connectivity index (χ0n) is 13.1. The summed E-state index contributed by atoms with van der Waals surface area (Å²) in [6.07, 6.45) is 0. The Morgan fingerprint density at radius 3 is 2.58 bits per heavy atom. The molecule has 2 aromatic carbocycles. The van der Waals surface area contributed by atoms with Gasteiger partial charge in [0.25, 0.3) is 5.69 Å². The van der Waals surface area contributed by atoms with Gasteiger partial charge in [-0.1, -0.05) is 15.9 Å². The molecule has 2 rings (SSSR count). The molecular formula is C16H16BrN3O4. The molecule has 0 aliphatic rings. The Kier molecular flexibility index (Phi) is 5.75. The van der Waals surface area contributed by atoms with E-state index in [9.17, 15) is 14.9 Å². The van der Waals surface area contributed by atoms with Crippen molar-refractivity contribution in [3.8, 4) is 5.75 Å². The van der Waals surface area contributed by atoms with E-state index in [0.29, 0.717) is 5.75 Å². The number of anilines is 2. The molecule has 0 saturated heterocycles. The number of aryl methyl sites for hydroxylation is 1. The lowest BCUT2D eigenvalue weighted by Crippen LogP contribution is -2.22. The van der Waals surface area contributed by atoms with E-state index in [4.69, 9.17) is 4.74 Å².